The fourth-order valence-corrected chi connectivity index (χ4v) is 1.64. The number of nitrogens with one attached hydrogen (secondary N) is 2. The van der Waals surface area contributed by atoms with E-state index in [9.17, 15) is 13.2 Å². The van der Waals surface area contributed by atoms with Crippen molar-refractivity contribution in [1.29, 1.82) is 0 Å². The van der Waals surface area contributed by atoms with Crippen LogP contribution in [0.3, 0.4) is 0 Å². The van der Waals surface area contributed by atoms with Crippen molar-refractivity contribution in [1.82, 2.24) is 10.6 Å². The van der Waals surface area contributed by atoms with E-state index in [1.807, 2.05) is 30.3 Å². The standard InChI is InChI=1S/C15H22F3N3O2.HI/c1-19-14(20-8-5-10-22-12-15(16,17)18)21-9-11-23-13-6-3-2-4-7-13;/h2-4,6-7H,5,8-12H2,1H3,(H2,19,20,21);1H. The van der Waals surface area contributed by atoms with Gasteiger partial charge in [0.2, 0.25) is 0 Å². The highest BCUT2D eigenvalue weighted by Crippen LogP contribution is 2.14. The molecule has 0 atom stereocenters. The highest BCUT2D eigenvalue weighted by atomic mass is 127. The first-order valence-electron chi connectivity index (χ1n) is 7.28. The second-order valence-corrected chi connectivity index (χ2v) is 4.61. The molecular formula is C15H23F3IN3O2. The largest absolute Gasteiger partial charge is 0.492 e. The molecule has 24 heavy (non-hydrogen) atoms. The summed E-state index contributed by atoms with van der Waals surface area (Å²) in [4.78, 5) is 4.01. The van der Waals surface area contributed by atoms with E-state index in [4.69, 9.17) is 4.74 Å². The van der Waals surface area contributed by atoms with Gasteiger partial charge in [-0.1, -0.05) is 18.2 Å². The predicted molar refractivity (Wildman–Crippen MR) is 98.2 cm³/mol. The minimum absolute atomic E-state index is 0. The Kier molecular flexibility index (Phi) is 12.4. The Morgan fingerprint density at radius 1 is 1.08 bits per heavy atom. The number of benzene rings is 1. The number of halogens is 4. The molecule has 1 aromatic rings. The molecule has 0 spiro atoms. The van der Waals surface area contributed by atoms with Gasteiger partial charge >= 0.3 is 6.18 Å². The first kappa shape index (κ1) is 22.8. The van der Waals surface area contributed by atoms with E-state index in [0.717, 1.165) is 5.75 Å². The molecule has 2 N–H and O–H groups in total. The van der Waals surface area contributed by atoms with Crippen LogP contribution < -0.4 is 15.4 Å². The lowest BCUT2D eigenvalue weighted by Gasteiger charge is -2.13. The van der Waals surface area contributed by atoms with Crippen LogP contribution in [0.25, 0.3) is 0 Å². The predicted octanol–water partition coefficient (Wildman–Crippen LogP) is 2.82. The Labute approximate surface area is 157 Å². The fourth-order valence-electron chi connectivity index (χ4n) is 1.64. The maximum absolute atomic E-state index is 11.9. The maximum atomic E-state index is 11.9. The first-order valence-corrected chi connectivity index (χ1v) is 7.28. The second-order valence-electron chi connectivity index (χ2n) is 4.61. The lowest BCUT2D eigenvalue weighted by molar-refractivity contribution is -0.173. The summed E-state index contributed by atoms with van der Waals surface area (Å²) in [5, 5.41) is 6.04. The molecule has 0 aliphatic carbocycles. The normalized spacial score (nSPS) is 11.6. The molecule has 5 nitrogen and oxygen atoms in total. The number of aliphatic imine (C=N–C) groups is 1. The van der Waals surface area contributed by atoms with Crippen molar-refractivity contribution < 1.29 is 22.6 Å². The third kappa shape index (κ3) is 12.2. The summed E-state index contributed by atoms with van der Waals surface area (Å²) in [6.45, 7) is 0.326. The Bertz CT molecular complexity index is 459. The Morgan fingerprint density at radius 3 is 2.38 bits per heavy atom. The SMILES string of the molecule is CN=C(NCCCOCC(F)(F)F)NCCOc1ccccc1.I. The molecule has 0 radical (unpaired) electrons. The summed E-state index contributed by atoms with van der Waals surface area (Å²) >= 11 is 0. The van der Waals surface area contributed by atoms with Crippen molar-refractivity contribution in [2.75, 3.05) is 40.0 Å². The van der Waals surface area contributed by atoms with Crippen molar-refractivity contribution in [3.8, 4) is 5.75 Å². The van der Waals surface area contributed by atoms with Crippen molar-refractivity contribution >= 4 is 29.9 Å². The molecule has 0 aliphatic heterocycles. The van der Waals surface area contributed by atoms with Crippen LogP contribution in [0.2, 0.25) is 0 Å². The fraction of sp³-hybridized carbons (Fsp3) is 0.533. The Hall–Kier alpha value is -1.23. The number of ether oxygens (including phenoxy) is 2. The number of hydrogen-bond donors (Lipinski definition) is 2. The molecule has 0 saturated heterocycles. The van der Waals surface area contributed by atoms with Crippen molar-refractivity contribution in [2.24, 2.45) is 4.99 Å². The smallest absolute Gasteiger partial charge is 0.411 e. The van der Waals surface area contributed by atoms with E-state index >= 15 is 0 Å². The van der Waals surface area contributed by atoms with Gasteiger partial charge in [0, 0.05) is 20.2 Å². The van der Waals surface area contributed by atoms with Gasteiger partial charge in [0.05, 0.1) is 6.54 Å². The van der Waals surface area contributed by atoms with Gasteiger partial charge in [-0.15, -0.1) is 24.0 Å². The quantitative estimate of drug-likeness (QED) is 0.257. The molecule has 0 amide bonds. The van der Waals surface area contributed by atoms with Gasteiger partial charge in [0.1, 0.15) is 19.0 Å². The van der Waals surface area contributed by atoms with E-state index in [2.05, 4.69) is 20.4 Å². The molecule has 0 saturated carbocycles. The molecule has 1 aromatic carbocycles. The third-order valence-electron chi connectivity index (χ3n) is 2.65. The minimum atomic E-state index is -4.27. The topological polar surface area (TPSA) is 54.9 Å². The second kappa shape index (κ2) is 13.1. The number of para-hydroxylation sites is 1. The number of nitrogens with zero attached hydrogens (tertiary/aromatic N) is 1. The van der Waals surface area contributed by atoms with Crippen molar-refractivity contribution in [3.05, 3.63) is 30.3 Å². The van der Waals surface area contributed by atoms with Gasteiger partial charge in [0.25, 0.3) is 0 Å². The summed E-state index contributed by atoms with van der Waals surface area (Å²) in [5.74, 6) is 1.36. The van der Waals surface area contributed by atoms with Crippen LogP contribution in [0.5, 0.6) is 5.75 Å². The molecule has 0 fully saturated rings. The summed E-state index contributed by atoms with van der Waals surface area (Å²) in [6.07, 6.45) is -3.82. The summed E-state index contributed by atoms with van der Waals surface area (Å²) in [5.41, 5.74) is 0. The van der Waals surface area contributed by atoms with E-state index in [1.54, 1.807) is 7.05 Å². The van der Waals surface area contributed by atoms with Crippen LogP contribution in [0.1, 0.15) is 6.42 Å². The van der Waals surface area contributed by atoms with Gasteiger partial charge in [-0.05, 0) is 18.6 Å². The Morgan fingerprint density at radius 2 is 1.75 bits per heavy atom. The minimum Gasteiger partial charge on any atom is -0.492 e. The number of guanidine groups is 1. The van der Waals surface area contributed by atoms with Gasteiger partial charge < -0.3 is 20.1 Å². The molecule has 0 bridgehead atoms. The molecule has 1 rings (SSSR count). The zero-order valence-corrected chi connectivity index (χ0v) is 15.8. The monoisotopic (exact) mass is 461 g/mol. The molecule has 0 unspecified atom stereocenters. The van der Waals surface area contributed by atoms with Crippen molar-refractivity contribution in [3.63, 3.8) is 0 Å². The maximum Gasteiger partial charge on any atom is 0.411 e. The van der Waals surface area contributed by atoms with Crippen LogP contribution in [0.15, 0.2) is 35.3 Å². The summed E-state index contributed by atoms with van der Waals surface area (Å²) in [6, 6.07) is 9.44. The van der Waals surface area contributed by atoms with Gasteiger partial charge in [0.15, 0.2) is 5.96 Å². The lowest BCUT2D eigenvalue weighted by atomic mass is 10.3. The van der Waals surface area contributed by atoms with Gasteiger partial charge in [-0.2, -0.15) is 13.2 Å². The number of rotatable bonds is 9. The van der Waals surface area contributed by atoms with E-state index < -0.39 is 12.8 Å². The highest BCUT2D eigenvalue weighted by Gasteiger charge is 2.27. The van der Waals surface area contributed by atoms with E-state index in [0.29, 0.717) is 32.1 Å². The lowest BCUT2D eigenvalue weighted by Crippen LogP contribution is -2.40. The first-order chi connectivity index (χ1) is 11.0. The molecule has 0 aliphatic rings. The molecule has 0 heterocycles. The zero-order valence-electron chi connectivity index (χ0n) is 13.4. The zero-order chi connectivity index (χ0) is 17.0. The van der Waals surface area contributed by atoms with Crippen LogP contribution in [0.4, 0.5) is 13.2 Å². The van der Waals surface area contributed by atoms with E-state index in [-0.39, 0.29) is 30.6 Å². The summed E-state index contributed by atoms with van der Waals surface area (Å²) < 4.78 is 45.6. The van der Waals surface area contributed by atoms with Crippen molar-refractivity contribution in [2.45, 2.75) is 12.6 Å². The highest BCUT2D eigenvalue weighted by molar-refractivity contribution is 14.0. The van der Waals surface area contributed by atoms with E-state index in [1.165, 1.54) is 0 Å². The van der Waals surface area contributed by atoms with Crippen LogP contribution in [0, 0.1) is 0 Å². The van der Waals surface area contributed by atoms with Crippen LogP contribution in [-0.2, 0) is 4.74 Å². The molecule has 9 heteroatoms. The molecule has 0 aromatic heterocycles. The average molecular weight is 461 g/mol. The number of hydrogen-bond acceptors (Lipinski definition) is 3. The van der Waals surface area contributed by atoms with Crippen LogP contribution in [-0.4, -0.2) is 52.1 Å². The van der Waals surface area contributed by atoms with Crippen LogP contribution >= 0.6 is 24.0 Å². The molecule has 138 valence electrons. The molecular weight excluding hydrogens is 438 g/mol. The number of alkyl halides is 3. The average Bonchev–Trinajstić information content (AvgIpc) is 2.52. The summed E-state index contributed by atoms with van der Waals surface area (Å²) in [7, 11) is 1.62. The Balaban J connectivity index is 0.00000529. The van der Waals surface area contributed by atoms with Gasteiger partial charge in [-0.25, -0.2) is 0 Å². The third-order valence-corrected chi connectivity index (χ3v) is 2.65. The van der Waals surface area contributed by atoms with Gasteiger partial charge in [-0.3, -0.25) is 4.99 Å².